The van der Waals surface area contributed by atoms with Gasteiger partial charge in [-0.2, -0.15) is 0 Å². The quantitative estimate of drug-likeness (QED) is 0.501. The van der Waals surface area contributed by atoms with Crippen LogP contribution in [-0.2, 0) is 0 Å². The summed E-state index contributed by atoms with van der Waals surface area (Å²) in [7, 11) is 0. The van der Waals surface area contributed by atoms with Crippen LogP contribution in [0.5, 0.6) is 0 Å². The topological polar surface area (TPSA) is 259 Å². The Balaban J connectivity index is 3.47. The first kappa shape index (κ1) is 19.4. The van der Waals surface area contributed by atoms with Crippen LogP contribution in [0.15, 0.2) is 12.1 Å². The van der Waals surface area contributed by atoms with Crippen molar-refractivity contribution >= 4 is 44.9 Å². The van der Waals surface area contributed by atoms with E-state index in [0.717, 1.165) is 0 Å². The number of nitro groups is 6. The lowest BCUT2D eigenvalue weighted by molar-refractivity contribution is -0.451. The van der Waals surface area contributed by atoms with Crippen LogP contribution in [0, 0.1) is 60.7 Å². The van der Waals surface area contributed by atoms with Crippen molar-refractivity contribution in [3.8, 4) is 0 Å². The van der Waals surface area contributed by atoms with Crippen LogP contribution in [0.2, 0.25) is 0 Å². The number of nitro benzene ring substituents is 6. The molecule has 0 aliphatic rings. The van der Waals surface area contributed by atoms with Crippen LogP contribution < -0.4 is 0 Å². The van der Waals surface area contributed by atoms with Crippen molar-refractivity contribution < 1.29 is 29.5 Å². The minimum absolute atomic E-state index is 0.368. The van der Waals surface area contributed by atoms with Crippen LogP contribution in [-0.4, -0.2) is 29.5 Å². The van der Waals surface area contributed by atoms with Crippen molar-refractivity contribution in [2.24, 2.45) is 0 Å². The van der Waals surface area contributed by atoms with Gasteiger partial charge in [-0.25, -0.2) is 0 Å². The summed E-state index contributed by atoms with van der Waals surface area (Å²) in [6.07, 6.45) is 0. The van der Waals surface area contributed by atoms with Crippen LogP contribution in [0.3, 0.4) is 0 Å². The van der Waals surface area contributed by atoms with E-state index >= 15 is 0 Å². The van der Waals surface area contributed by atoms with Gasteiger partial charge in [-0.05, 0) is 6.07 Å². The van der Waals surface area contributed by atoms with E-state index in [0.29, 0.717) is 12.1 Å². The Kier molecular flexibility index (Phi) is 4.46. The van der Waals surface area contributed by atoms with Gasteiger partial charge in [-0.1, -0.05) is 0 Å². The fraction of sp³-hybridized carbons (Fsp3) is 0. The van der Waals surface area contributed by atoms with Gasteiger partial charge in [-0.15, -0.1) is 0 Å². The van der Waals surface area contributed by atoms with Gasteiger partial charge in [0.25, 0.3) is 0 Å². The molecule has 18 nitrogen and oxygen atoms in total. The van der Waals surface area contributed by atoms with Crippen LogP contribution in [0.4, 0.5) is 34.1 Å². The number of rotatable bonds is 6. The third-order valence-electron chi connectivity index (χ3n) is 3.43. The first-order chi connectivity index (χ1) is 12.9. The highest BCUT2D eigenvalue weighted by Crippen LogP contribution is 2.53. The largest absolute Gasteiger partial charge is 0.430 e. The predicted octanol–water partition coefficient (Wildman–Crippen LogP) is 2.29. The lowest BCUT2D eigenvalue weighted by Crippen LogP contribution is -2.08. The van der Waals surface area contributed by atoms with E-state index in [1.807, 2.05) is 0 Å². The Hall–Kier alpha value is -4.90. The molecule has 2 rings (SSSR count). The van der Waals surface area contributed by atoms with Gasteiger partial charge in [0.05, 0.1) is 34.9 Å². The van der Waals surface area contributed by atoms with Crippen molar-refractivity contribution in [3.05, 3.63) is 72.8 Å². The first-order valence-corrected chi connectivity index (χ1v) is 6.44. The summed E-state index contributed by atoms with van der Waals surface area (Å²) in [6.45, 7) is 0. The molecule has 0 saturated heterocycles. The molecule has 2 aromatic rings. The molecule has 18 heteroatoms. The second-order valence-corrected chi connectivity index (χ2v) is 4.79. The molecule has 0 N–H and O–H groups in total. The van der Waals surface area contributed by atoms with Crippen LogP contribution in [0.25, 0.3) is 10.8 Å². The molecule has 0 fully saturated rings. The van der Waals surface area contributed by atoms with Crippen molar-refractivity contribution in [3.63, 3.8) is 0 Å². The van der Waals surface area contributed by atoms with E-state index in [2.05, 4.69) is 0 Å². The van der Waals surface area contributed by atoms with Gasteiger partial charge < -0.3 is 0 Å². The summed E-state index contributed by atoms with van der Waals surface area (Å²) < 4.78 is 0. The van der Waals surface area contributed by atoms with Gasteiger partial charge in [0.2, 0.25) is 0 Å². The number of nitrogens with zero attached hydrogens (tertiary/aromatic N) is 6. The van der Waals surface area contributed by atoms with Crippen molar-refractivity contribution in [1.29, 1.82) is 0 Å². The summed E-state index contributed by atoms with van der Waals surface area (Å²) in [5, 5.41) is 64.9. The SMILES string of the molecule is O=[N+]([O-])c1ccc2c([N+](=O)[O-])c([N+](=O)[O-])c([N+](=O)[O-])c([N+](=O)[O-])c2c1[N+](=O)[O-]. The maximum atomic E-state index is 11.4. The molecule has 28 heavy (non-hydrogen) atoms. The second kappa shape index (κ2) is 6.44. The maximum Gasteiger partial charge on any atom is 0.430 e. The lowest BCUT2D eigenvalue weighted by atomic mass is 10.0. The van der Waals surface area contributed by atoms with E-state index in [4.69, 9.17) is 0 Å². The molecule has 0 radical (unpaired) electrons. The smallest absolute Gasteiger partial charge is 0.258 e. The van der Waals surface area contributed by atoms with E-state index in [9.17, 15) is 60.7 Å². The van der Waals surface area contributed by atoms with Gasteiger partial charge in [-0.3, -0.25) is 60.7 Å². The highest BCUT2D eigenvalue weighted by atomic mass is 16.7. The third-order valence-corrected chi connectivity index (χ3v) is 3.43. The maximum absolute atomic E-state index is 11.4. The fourth-order valence-corrected chi connectivity index (χ4v) is 2.53. The molecule has 0 amide bonds. The summed E-state index contributed by atoms with van der Waals surface area (Å²) in [5.41, 5.74) is -10.4. The van der Waals surface area contributed by atoms with Gasteiger partial charge in [0.15, 0.2) is 5.39 Å². The molecular weight excluding hydrogens is 396 g/mol. The van der Waals surface area contributed by atoms with E-state index in [-0.39, 0.29) is 0 Å². The molecule has 0 spiro atoms. The summed E-state index contributed by atoms with van der Waals surface area (Å²) in [5.74, 6) is 0. The van der Waals surface area contributed by atoms with Gasteiger partial charge in [0, 0.05) is 6.07 Å². The Bertz CT molecular complexity index is 1130. The summed E-state index contributed by atoms with van der Waals surface area (Å²) in [4.78, 5) is 58.1. The molecule has 144 valence electrons. The molecule has 0 aliphatic heterocycles. The fourth-order valence-electron chi connectivity index (χ4n) is 2.53. The summed E-state index contributed by atoms with van der Waals surface area (Å²) in [6, 6.07) is 0.801. The number of hydrogen-bond donors (Lipinski definition) is 0. The zero-order valence-electron chi connectivity index (χ0n) is 12.7. The van der Waals surface area contributed by atoms with E-state index < -0.39 is 74.4 Å². The predicted molar refractivity (Wildman–Crippen MR) is 83.9 cm³/mol. The second-order valence-electron chi connectivity index (χ2n) is 4.79. The van der Waals surface area contributed by atoms with Gasteiger partial charge >= 0.3 is 34.1 Å². The average Bonchev–Trinajstić information content (AvgIpc) is 2.56. The normalized spacial score (nSPS) is 10.4. The standard InChI is InChI=1S/C10H2N6O12/c17-11(18)4-2-1-3-5(7(4)13(21)22)8(14(23)24)10(16(27)28)9(15(25)26)6(3)12(19)20/h1-2H. The Labute approximate surface area is 148 Å². The minimum Gasteiger partial charge on any atom is -0.258 e. The average molecular weight is 398 g/mol. The molecule has 0 saturated carbocycles. The molecule has 2 aromatic carbocycles. The Morgan fingerprint density at radius 1 is 0.464 bits per heavy atom. The molecule has 0 unspecified atom stereocenters. The Morgan fingerprint density at radius 3 is 1.21 bits per heavy atom. The van der Waals surface area contributed by atoms with E-state index in [1.54, 1.807) is 0 Å². The molecular formula is C10H2N6O12. The van der Waals surface area contributed by atoms with Crippen molar-refractivity contribution in [2.45, 2.75) is 0 Å². The summed E-state index contributed by atoms with van der Waals surface area (Å²) >= 11 is 0. The van der Waals surface area contributed by atoms with Crippen molar-refractivity contribution in [1.82, 2.24) is 0 Å². The Morgan fingerprint density at radius 2 is 0.857 bits per heavy atom. The molecule has 0 atom stereocenters. The minimum atomic E-state index is -2.02. The van der Waals surface area contributed by atoms with Gasteiger partial charge in [0.1, 0.15) is 0 Å². The number of benzene rings is 2. The first-order valence-electron chi connectivity index (χ1n) is 6.44. The third kappa shape index (κ3) is 2.71. The van der Waals surface area contributed by atoms with Crippen LogP contribution in [0.1, 0.15) is 0 Å². The lowest BCUT2D eigenvalue weighted by Gasteiger charge is -2.05. The molecule has 0 heterocycles. The zero-order chi connectivity index (χ0) is 21.5. The van der Waals surface area contributed by atoms with Crippen LogP contribution >= 0.6 is 0 Å². The molecule has 0 aromatic heterocycles. The highest BCUT2D eigenvalue weighted by molar-refractivity contribution is 6.12. The molecule has 0 aliphatic carbocycles. The van der Waals surface area contributed by atoms with E-state index in [1.165, 1.54) is 0 Å². The monoisotopic (exact) mass is 398 g/mol. The number of hydrogen-bond acceptors (Lipinski definition) is 12. The highest BCUT2D eigenvalue weighted by Gasteiger charge is 2.50. The van der Waals surface area contributed by atoms with Crippen molar-refractivity contribution in [2.75, 3.05) is 0 Å². The zero-order valence-corrected chi connectivity index (χ0v) is 12.7. The molecule has 0 bridgehead atoms. The number of fused-ring (bicyclic) bond motifs is 1.